The summed E-state index contributed by atoms with van der Waals surface area (Å²) in [5.41, 5.74) is 0. The Morgan fingerprint density at radius 3 is 1.15 bits per heavy atom. The summed E-state index contributed by atoms with van der Waals surface area (Å²) in [5.74, 6) is -0.405. The van der Waals surface area contributed by atoms with Gasteiger partial charge in [0, 0.05) is 20.6 Å². The molecule has 0 spiro atoms. The first-order valence-corrected chi connectivity index (χ1v) is 14.3. The average Bonchev–Trinajstić information content (AvgIpc) is 2.78. The summed E-state index contributed by atoms with van der Waals surface area (Å²) in [6.45, 7) is 6.94. The molecule has 4 heteroatoms. The van der Waals surface area contributed by atoms with Crippen LogP contribution in [0, 0.1) is 0 Å². The standard InChI is InChI=1S/C29H62NO2.ClH/c1-7-8-9-10-11-12-13-14-15-16-17-18-19-20-21-24-27-30(3,4)28-25-22-23-26-29(2,31-5)32-6;/h7-28H2,1-6H3;1H/q+1;/p-1. The lowest BCUT2D eigenvalue weighted by molar-refractivity contribution is -0.890. The highest BCUT2D eigenvalue weighted by Gasteiger charge is 2.22. The van der Waals surface area contributed by atoms with E-state index in [0.717, 1.165) is 6.42 Å². The fraction of sp³-hybridized carbons (Fsp3) is 1.00. The Labute approximate surface area is 215 Å². The Hall–Kier alpha value is 0.170. The molecule has 0 atom stereocenters. The van der Waals surface area contributed by atoms with Crippen molar-refractivity contribution in [2.45, 2.75) is 148 Å². The SMILES string of the molecule is CCCCCCCCCCCCCCCCCC[N+](C)(C)CCCCCC(C)(OC)OC.[Cl-]. The van der Waals surface area contributed by atoms with Crippen LogP contribution >= 0.6 is 0 Å². The molecule has 0 bridgehead atoms. The summed E-state index contributed by atoms with van der Waals surface area (Å²) in [6, 6.07) is 0. The number of rotatable bonds is 25. The number of methoxy groups -OCH3 is 2. The molecule has 0 aliphatic carbocycles. The van der Waals surface area contributed by atoms with Crippen LogP contribution in [0.15, 0.2) is 0 Å². The fourth-order valence-electron chi connectivity index (χ4n) is 4.65. The highest BCUT2D eigenvalue weighted by Crippen LogP contribution is 2.19. The average molecular weight is 492 g/mol. The fourth-order valence-corrected chi connectivity index (χ4v) is 4.65. The van der Waals surface area contributed by atoms with Crippen molar-refractivity contribution >= 4 is 0 Å². The van der Waals surface area contributed by atoms with Crippen molar-refractivity contribution in [1.82, 2.24) is 0 Å². The molecule has 0 heterocycles. The van der Waals surface area contributed by atoms with E-state index in [4.69, 9.17) is 9.47 Å². The quantitative estimate of drug-likeness (QED) is 0.0899. The molecular weight excluding hydrogens is 430 g/mol. The number of halogens is 1. The Morgan fingerprint density at radius 1 is 0.515 bits per heavy atom. The van der Waals surface area contributed by atoms with Crippen LogP contribution < -0.4 is 12.4 Å². The Morgan fingerprint density at radius 2 is 0.818 bits per heavy atom. The summed E-state index contributed by atoms with van der Waals surface area (Å²) in [5, 5.41) is 0. The van der Waals surface area contributed by atoms with Gasteiger partial charge in [0.15, 0.2) is 5.79 Å². The van der Waals surface area contributed by atoms with E-state index in [1.165, 1.54) is 140 Å². The minimum atomic E-state index is -0.405. The first-order valence-electron chi connectivity index (χ1n) is 14.3. The maximum atomic E-state index is 5.45. The molecule has 0 N–H and O–H groups in total. The second-order valence-electron chi connectivity index (χ2n) is 11.0. The van der Waals surface area contributed by atoms with E-state index in [2.05, 4.69) is 21.0 Å². The van der Waals surface area contributed by atoms with Gasteiger partial charge in [-0.15, -0.1) is 0 Å². The minimum absolute atomic E-state index is 0. The van der Waals surface area contributed by atoms with Gasteiger partial charge in [-0.3, -0.25) is 0 Å². The lowest BCUT2D eigenvalue weighted by Crippen LogP contribution is -3.00. The van der Waals surface area contributed by atoms with Crippen molar-refractivity contribution < 1.29 is 26.4 Å². The Bertz CT molecular complexity index is 386. The van der Waals surface area contributed by atoms with Gasteiger partial charge in [0.05, 0.1) is 27.2 Å². The second-order valence-corrected chi connectivity index (χ2v) is 11.0. The molecule has 0 aliphatic heterocycles. The first-order chi connectivity index (χ1) is 15.4. The predicted octanol–water partition coefficient (Wildman–Crippen LogP) is 5.90. The van der Waals surface area contributed by atoms with Crippen LogP contribution in [0.3, 0.4) is 0 Å². The van der Waals surface area contributed by atoms with Crippen LogP contribution in [0.5, 0.6) is 0 Å². The number of hydrogen-bond donors (Lipinski definition) is 0. The summed E-state index contributed by atoms with van der Waals surface area (Å²) < 4.78 is 12.1. The third-order valence-electron chi connectivity index (χ3n) is 7.37. The van der Waals surface area contributed by atoms with Crippen molar-refractivity contribution in [2.24, 2.45) is 0 Å². The van der Waals surface area contributed by atoms with Crippen LogP contribution in [-0.4, -0.2) is 51.7 Å². The van der Waals surface area contributed by atoms with Gasteiger partial charge in [-0.25, -0.2) is 0 Å². The van der Waals surface area contributed by atoms with Gasteiger partial charge in [-0.1, -0.05) is 96.8 Å². The molecule has 0 saturated carbocycles. The highest BCUT2D eigenvalue weighted by molar-refractivity contribution is 4.61. The van der Waals surface area contributed by atoms with E-state index in [9.17, 15) is 0 Å². The second kappa shape index (κ2) is 23.9. The Kier molecular flexibility index (Phi) is 25.6. The molecule has 0 aromatic carbocycles. The third kappa shape index (κ3) is 23.7. The first kappa shape index (κ1) is 35.3. The van der Waals surface area contributed by atoms with E-state index >= 15 is 0 Å². The Balaban J connectivity index is 0. The number of hydrogen-bond acceptors (Lipinski definition) is 2. The van der Waals surface area contributed by atoms with E-state index < -0.39 is 5.79 Å². The van der Waals surface area contributed by atoms with Gasteiger partial charge in [0.2, 0.25) is 0 Å². The molecular formula is C29H62ClNO2. The molecule has 0 aromatic heterocycles. The van der Waals surface area contributed by atoms with E-state index in [0.29, 0.717) is 0 Å². The van der Waals surface area contributed by atoms with Crippen LogP contribution in [0.2, 0.25) is 0 Å². The molecule has 0 aliphatic rings. The molecule has 0 aromatic rings. The van der Waals surface area contributed by atoms with Crippen LogP contribution in [0.4, 0.5) is 0 Å². The molecule has 0 unspecified atom stereocenters. The molecule has 0 fully saturated rings. The molecule has 33 heavy (non-hydrogen) atoms. The molecule has 0 saturated heterocycles. The van der Waals surface area contributed by atoms with E-state index in [1.807, 2.05) is 6.92 Å². The monoisotopic (exact) mass is 491 g/mol. The largest absolute Gasteiger partial charge is 1.00 e. The van der Waals surface area contributed by atoms with Gasteiger partial charge >= 0.3 is 0 Å². The van der Waals surface area contributed by atoms with E-state index in [1.54, 1.807) is 14.2 Å². The van der Waals surface area contributed by atoms with Gasteiger partial charge in [0.25, 0.3) is 0 Å². The number of ether oxygens (including phenoxy) is 2. The molecule has 3 nitrogen and oxygen atoms in total. The lowest BCUT2D eigenvalue weighted by atomic mass is 10.0. The smallest absolute Gasteiger partial charge is 0.164 e. The van der Waals surface area contributed by atoms with Crippen molar-refractivity contribution in [2.75, 3.05) is 41.4 Å². The molecule has 0 amide bonds. The molecule has 0 radical (unpaired) electrons. The van der Waals surface area contributed by atoms with Crippen LogP contribution in [-0.2, 0) is 9.47 Å². The third-order valence-corrected chi connectivity index (χ3v) is 7.37. The van der Waals surface area contributed by atoms with Gasteiger partial charge in [0.1, 0.15) is 0 Å². The number of nitrogens with zero attached hydrogens (tertiary/aromatic N) is 1. The molecule has 202 valence electrons. The summed E-state index contributed by atoms with van der Waals surface area (Å²) in [7, 11) is 8.28. The van der Waals surface area contributed by atoms with Gasteiger partial charge in [-0.2, -0.15) is 0 Å². The molecule has 0 rings (SSSR count). The van der Waals surface area contributed by atoms with E-state index in [-0.39, 0.29) is 12.4 Å². The van der Waals surface area contributed by atoms with Crippen molar-refractivity contribution in [3.05, 3.63) is 0 Å². The topological polar surface area (TPSA) is 18.5 Å². The van der Waals surface area contributed by atoms with Crippen molar-refractivity contribution in [3.63, 3.8) is 0 Å². The lowest BCUT2D eigenvalue weighted by Gasteiger charge is -2.30. The zero-order valence-electron chi connectivity index (χ0n) is 23.7. The maximum absolute atomic E-state index is 5.45. The van der Waals surface area contributed by atoms with Gasteiger partial charge < -0.3 is 26.4 Å². The summed E-state index contributed by atoms with van der Waals surface area (Å²) >= 11 is 0. The zero-order valence-corrected chi connectivity index (χ0v) is 24.5. The zero-order chi connectivity index (χ0) is 24.0. The summed E-state index contributed by atoms with van der Waals surface area (Å²) in [4.78, 5) is 0. The van der Waals surface area contributed by atoms with Crippen LogP contribution in [0.25, 0.3) is 0 Å². The predicted molar refractivity (Wildman–Crippen MR) is 142 cm³/mol. The maximum Gasteiger partial charge on any atom is 0.164 e. The normalized spacial score (nSPS) is 12.2. The summed E-state index contributed by atoms with van der Waals surface area (Å²) in [6.07, 6.45) is 27.9. The highest BCUT2D eigenvalue weighted by atomic mass is 35.5. The number of quaternary nitrogens is 1. The van der Waals surface area contributed by atoms with Crippen LogP contribution in [0.1, 0.15) is 142 Å². The van der Waals surface area contributed by atoms with Crippen molar-refractivity contribution in [3.8, 4) is 0 Å². The van der Waals surface area contributed by atoms with Crippen molar-refractivity contribution in [1.29, 1.82) is 0 Å². The van der Waals surface area contributed by atoms with Gasteiger partial charge in [-0.05, 0) is 39.0 Å². The minimum Gasteiger partial charge on any atom is -1.00 e. The number of unbranched alkanes of at least 4 members (excludes halogenated alkanes) is 17.